The van der Waals surface area contributed by atoms with Crippen LogP contribution < -0.4 is 4.74 Å². The van der Waals surface area contributed by atoms with Crippen molar-refractivity contribution in [1.82, 2.24) is 29.5 Å². The number of aromatic nitrogens is 6. The Labute approximate surface area is 856 Å². The first-order valence-electron chi connectivity index (χ1n) is 48.5. The molecule has 0 aliphatic heterocycles. The van der Waals surface area contributed by atoms with Crippen molar-refractivity contribution >= 4 is 150 Å². The standard InChI is InChI=1S/C46H37N3O2.C45H29N3S.C42H26S.Pt/c1-45(2,3)29-19-21-47-39(23-29)38-26-32(25-37-36-17-15-28-11-7-8-12-33(28)43(36)51-44(37)38)50-31-16-18-35-34-13-9-10-14-40(34)49(41(35)27-31)42-24-30(20-22-48-42)46(4,5)6;1-4-13-30(14-5-1)31-25-27-32(28-26-31)37-21-11-23-39-40-24-12-22-38(42(40)49-41(37)39)35-19-10-20-36(29-35)45-47-43(33-15-6-2-7-16-33)46-44(48-45)34-17-8-3-9-18-34;1-2-11-27(12-3-1)31-19-9-21-38-39-22-10-20-32(42(39)43-41(31)38)30-14-8-13-28(25-30)29-23-24-37-35-17-5-4-15-33(35)34-16-6-7-18-36(34)40(37)26-29;/h7-25H,1-6H3;1-29H;1-26H;/q-2;;;+2. The smallest absolute Gasteiger partial charge is 0.503 e. The third-order valence-electron chi connectivity index (χ3n) is 27.7. The number of ether oxygens (including phenoxy) is 1. The third kappa shape index (κ3) is 16.7. The van der Waals surface area contributed by atoms with Crippen LogP contribution >= 0.6 is 22.7 Å². The minimum absolute atomic E-state index is 0. The van der Waals surface area contributed by atoms with E-state index < -0.39 is 0 Å². The number of thiophene rings is 2. The molecule has 0 spiro atoms. The van der Waals surface area contributed by atoms with Crippen LogP contribution in [0.1, 0.15) is 52.7 Å². The van der Waals surface area contributed by atoms with Gasteiger partial charge in [0.2, 0.25) is 0 Å². The van der Waals surface area contributed by atoms with Crippen molar-refractivity contribution in [1.29, 1.82) is 0 Å². The Balaban J connectivity index is 0.000000116. The van der Waals surface area contributed by atoms with Crippen LogP contribution in [0.25, 0.3) is 245 Å². The molecular formula is C133H92N6O2PtS2. The van der Waals surface area contributed by atoms with Gasteiger partial charge in [0.1, 0.15) is 11.4 Å². The molecule has 20 aromatic carbocycles. The van der Waals surface area contributed by atoms with Crippen LogP contribution in [-0.4, -0.2) is 29.5 Å². The maximum Gasteiger partial charge on any atom is 2.00 e. The number of fused-ring (bicyclic) bond motifs is 20. The molecule has 0 fully saturated rings. The molecule has 8 nitrogen and oxygen atoms in total. The normalized spacial score (nSPS) is 11.8. The van der Waals surface area contributed by atoms with Crippen molar-refractivity contribution in [3.8, 4) is 129 Å². The summed E-state index contributed by atoms with van der Waals surface area (Å²) in [6.45, 7) is 13.3. The van der Waals surface area contributed by atoms with Crippen LogP contribution in [0.15, 0.2) is 454 Å². The maximum absolute atomic E-state index is 6.73. The number of furan rings is 1. The van der Waals surface area contributed by atoms with Crippen LogP contribution in [0, 0.1) is 12.1 Å². The average Bonchev–Trinajstić information content (AvgIpc) is 1.70. The summed E-state index contributed by atoms with van der Waals surface area (Å²) in [5.74, 6) is 3.95. The summed E-state index contributed by atoms with van der Waals surface area (Å²) in [4.78, 5) is 24.5. The molecular weight excluding hydrogens is 1970 g/mol. The van der Waals surface area contributed by atoms with Gasteiger partial charge < -0.3 is 18.7 Å². The number of pyridine rings is 2. The SMILES string of the molecule is CC(C)(C)c1ccnc(-c2[c-]c(Oc3[c-]c4c(cc3)c3ccccc3n4-c3cc(C(C)(C)C)ccn3)cc3c2oc2c4ccccc4ccc32)c1.[Pt+2].c1ccc(-c2ccc(-c3cccc4c3sc3c(-c5cccc(-c6nc(-c7ccccc7)nc(-c7ccccc7)n6)c5)cccc34)cc2)cc1.c1ccc(-c2cccc3c2sc2c(-c4cccc(-c5ccc6c7ccccc7c7ccccc7c6c5)c4)cccc23)cc1. The fourth-order valence-electron chi connectivity index (χ4n) is 20.4. The molecule has 0 N–H and O–H groups in total. The third-order valence-corrected chi connectivity index (χ3v) is 30.3. The van der Waals surface area contributed by atoms with E-state index >= 15 is 0 Å². The van der Waals surface area contributed by atoms with Gasteiger partial charge in [-0.25, -0.2) is 19.9 Å². The molecule has 0 unspecified atom stereocenters. The molecule has 27 aromatic rings. The molecule has 688 valence electrons. The zero-order valence-corrected chi connectivity index (χ0v) is 83.8. The van der Waals surface area contributed by atoms with Gasteiger partial charge in [0.15, 0.2) is 17.5 Å². The van der Waals surface area contributed by atoms with Crippen LogP contribution in [-0.2, 0) is 31.9 Å². The summed E-state index contributed by atoms with van der Waals surface area (Å²) >= 11 is 3.78. The van der Waals surface area contributed by atoms with E-state index in [2.05, 4.69) is 410 Å². The van der Waals surface area contributed by atoms with Crippen molar-refractivity contribution < 1.29 is 30.2 Å². The van der Waals surface area contributed by atoms with Crippen molar-refractivity contribution in [3.63, 3.8) is 0 Å². The van der Waals surface area contributed by atoms with Crippen LogP contribution in [0.4, 0.5) is 0 Å². The summed E-state index contributed by atoms with van der Waals surface area (Å²) in [6.07, 6.45) is 3.76. The zero-order valence-electron chi connectivity index (χ0n) is 79.9. The van der Waals surface area contributed by atoms with Gasteiger partial charge in [-0.15, -0.1) is 40.2 Å². The monoisotopic (exact) mass is 2060 g/mol. The first kappa shape index (κ1) is 89.9. The van der Waals surface area contributed by atoms with E-state index in [0.717, 1.165) is 93.8 Å². The van der Waals surface area contributed by atoms with Crippen molar-refractivity contribution in [3.05, 3.63) is 472 Å². The Morgan fingerprint density at radius 1 is 0.264 bits per heavy atom. The molecule has 0 saturated heterocycles. The molecule has 0 aliphatic rings. The van der Waals surface area contributed by atoms with E-state index in [1.54, 1.807) is 0 Å². The van der Waals surface area contributed by atoms with Gasteiger partial charge >= 0.3 is 21.1 Å². The molecule has 0 atom stereocenters. The minimum Gasteiger partial charge on any atom is -0.503 e. The number of nitrogens with zero attached hydrogens (tertiary/aromatic N) is 6. The molecule has 27 rings (SSSR count). The summed E-state index contributed by atoms with van der Waals surface area (Å²) in [5, 5.41) is 19.4. The maximum atomic E-state index is 6.73. The first-order chi connectivity index (χ1) is 70.1. The molecule has 144 heavy (non-hydrogen) atoms. The summed E-state index contributed by atoms with van der Waals surface area (Å²) < 4.78 is 20.9. The fourth-order valence-corrected chi connectivity index (χ4v) is 23.2. The molecule has 0 bridgehead atoms. The Hall–Kier alpha value is -16.7. The topological polar surface area (TPSA) is 91.8 Å². The van der Waals surface area contributed by atoms with Gasteiger partial charge in [-0.1, -0.05) is 446 Å². The van der Waals surface area contributed by atoms with Crippen molar-refractivity contribution in [2.45, 2.75) is 52.4 Å². The molecule has 0 radical (unpaired) electrons. The van der Waals surface area contributed by atoms with Gasteiger partial charge in [0.25, 0.3) is 0 Å². The predicted molar refractivity (Wildman–Crippen MR) is 602 cm³/mol. The summed E-state index contributed by atoms with van der Waals surface area (Å²) in [6, 6.07) is 162. The number of hydrogen-bond donors (Lipinski definition) is 0. The molecule has 7 heterocycles. The molecule has 11 heteroatoms. The van der Waals surface area contributed by atoms with E-state index in [1.165, 1.54) is 145 Å². The summed E-state index contributed by atoms with van der Waals surface area (Å²) in [7, 11) is 0. The Morgan fingerprint density at radius 2 is 0.660 bits per heavy atom. The predicted octanol–water partition coefficient (Wildman–Crippen LogP) is 37.0. The van der Waals surface area contributed by atoms with Crippen molar-refractivity contribution in [2.75, 3.05) is 0 Å². The molecule has 0 saturated carbocycles. The van der Waals surface area contributed by atoms with Crippen molar-refractivity contribution in [2.24, 2.45) is 0 Å². The van der Waals surface area contributed by atoms with E-state index in [0.29, 0.717) is 29.0 Å². The van der Waals surface area contributed by atoms with Gasteiger partial charge in [-0.2, -0.15) is 6.07 Å². The van der Waals surface area contributed by atoms with Gasteiger partial charge in [0.05, 0.1) is 5.58 Å². The zero-order chi connectivity index (χ0) is 96.0. The molecule has 0 amide bonds. The van der Waals surface area contributed by atoms with Crippen LogP contribution in [0.5, 0.6) is 11.5 Å². The second-order valence-electron chi connectivity index (χ2n) is 38.7. The number of para-hydroxylation sites is 1. The second-order valence-corrected chi connectivity index (χ2v) is 40.7. The average molecular weight is 2070 g/mol. The van der Waals surface area contributed by atoms with E-state index in [-0.39, 0.29) is 31.9 Å². The van der Waals surface area contributed by atoms with Gasteiger partial charge in [0, 0.05) is 97.2 Å². The second kappa shape index (κ2) is 37.4. The van der Waals surface area contributed by atoms with E-state index in [4.69, 9.17) is 34.1 Å². The largest absolute Gasteiger partial charge is 2.00 e. The molecule has 7 aromatic heterocycles. The van der Waals surface area contributed by atoms with E-state index in [1.807, 2.05) is 120 Å². The Morgan fingerprint density at radius 3 is 1.23 bits per heavy atom. The number of hydrogen-bond acceptors (Lipinski definition) is 9. The van der Waals surface area contributed by atoms with E-state index in [9.17, 15) is 0 Å². The van der Waals surface area contributed by atoms with Crippen LogP contribution in [0.3, 0.4) is 0 Å². The minimum atomic E-state index is -0.0565. The first-order valence-corrected chi connectivity index (χ1v) is 50.2. The Kier molecular flexibility index (Phi) is 23.3. The number of rotatable bonds is 13. The number of benzene rings is 20. The molecule has 0 aliphatic carbocycles. The van der Waals surface area contributed by atoms with Gasteiger partial charge in [-0.3, -0.25) is 0 Å². The fraction of sp³-hybridized carbons (Fsp3) is 0.0602. The summed E-state index contributed by atoms with van der Waals surface area (Å²) in [5.41, 5.74) is 25.1. The van der Waals surface area contributed by atoms with Gasteiger partial charge in [-0.05, 0) is 180 Å². The Bertz CT molecular complexity index is 9570. The quantitative estimate of drug-likeness (QED) is 0.0839. The van der Waals surface area contributed by atoms with Crippen LogP contribution in [0.2, 0.25) is 0 Å².